The monoisotopic (exact) mass is 478 g/mol. The molecule has 7 heteroatoms. The molecule has 138 valence electrons. The van der Waals surface area contributed by atoms with Crippen molar-refractivity contribution >= 4 is 17.9 Å². The Morgan fingerprint density at radius 1 is 0.591 bits per heavy atom. The molecule has 0 unspecified atom stereocenters. The van der Waals surface area contributed by atoms with Gasteiger partial charge in [-0.2, -0.15) is 0 Å². The number of rotatable bonds is 9. The average molecular weight is 478 g/mol. The molecule has 0 heterocycles. The van der Waals surface area contributed by atoms with Crippen LogP contribution in [0.25, 0.3) is 0 Å². The van der Waals surface area contributed by atoms with Crippen LogP contribution in [0.1, 0.15) is 78.6 Å². The summed E-state index contributed by atoms with van der Waals surface area (Å²) in [6, 6.07) is 0. The van der Waals surface area contributed by atoms with Gasteiger partial charge < -0.3 is 29.7 Å². The van der Waals surface area contributed by atoms with Gasteiger partial charge in [0.25, 0.3) is 0 Å². The number of hydrogen-bond acceptors (Lipinski definition) is 6. The van der Waals surface area contributed by atoms with Crippen molar-refractivity contribution in [3.05, 3.63) is 0 Å². The van der Waals surface area contributed by atoms with Crippen LogP contribution in [-0.2, 0) is 14.4 Å². The molecule has 0 saturated carbocycles. The van der Waals surface area contributed by atoms with Crippen LogP contribution in [0.5, 0.6) is 0 Å². The van der Waals surface area contributed by atoms with Crippen LogP contribution in [0.15, 0.2) is 0 Å². The number of carboxylic acids is 3. The second-order valence-corrected chi connectivity index (χ2v) is 4.43. The SMILES string of the molecule is CCCCC(=O)[O-].CCCCC(=O)[O-].CCCCC(=O)[O-].[Lu+3]. The summed E-state index contributed by atoms with van der Waals surface area (Å²) >= 11 is 0. The summed E-state index contributed by atoms with van der Waals surface area (Å²) < 4.78 is 0. The quantitative estimate of drug-likeness (QED) is 0.452. The van der Waals surface area contributed by atoms with Crippen molar-refractivity contribution in [2.75, 3.05) is 0 Å². The van der Waals surface area contributed by atoms with E-state index in [2.05, 4.69) is 0 Å². The zero-order chi connectivity index (χ0) is 17.1. The molecule has 0 saturated heterocycles. The maximum atomic E-state index is 9.65. The minimum atomic E-state index is -0.943. The van der Waals surface area contributed by atoms with Crippen molar-refractivity contribution in [1.29, 1.82) is 0 Å². The van der Waals surface area contributed by atoms with E-state index in [1.165, 1.54) is 0 Å². The molecule has 0 aliphatic heterocycles. The predicted molar refractivity (Wildman–Crippen MR) is 73.6 cm³/mol. The molecule has 0 amide bonds. The van der Waals surface area contributed by atoms with E-state index < -0.39 is 17.9 Å². The van der Waals surface area contributed by atoms with Gasteiger partial charge in [0.05, 0.1) is 0 Å². The van der Waals surface area contributed by atoms with Crippen LogP contribution >= 0.6 is 0 Å². The third kappa shape index (κ3) is 50.4. The molecule has 0 aliphatic rings. The largest absolute Gasteiger partial charge is 3.00 e. The number of hydrogen-bond donors (Lipinski definition) is 0. The van der Waals surface area contributed by atoms with E-state index in [9.17, 15) is 29.7 Å². The molecule has 0 aliphatic carbocycles. The van der Waals surface area contributed by atoms with Crippen LogP contribution in [0.2, 0.25) is 0 Å². The van der Waals surface area contributed by atoms with Gasteiger partial charge in [-0.05, 0) is 38.5 Å². The van der Waals surface area contributed by atoms with E-state index in [-0.39, 0.29) is 56.1 Å². The van der Waals surface area contributed by atoms with Crippen molar-refractivity contribution < 1.29 is 66.6 Å². The second-order valence-electron chi connectivity index (χ2n) is 4.43. The van der Waals surface area contributed by atoms with Gasteiger partial charge in [-0.3, -0.25) is 0 Å². The first-order chi connectivity index (χ1) is 9.81. The zero-order valence-electron chi connectivity index (χ0n) is 13.6. The number of carbonyl (C=O) groups excluding carboxylic acids is 3. The van der Waals surface area contributed by atoms with Crippen LogP contribution in [-0.4, -0.2) is 17.9 Å². The van der Waals surface area contributed by atoms with Gasteiger partial charge in [-0.1, -0.05) is 40.0 Å². The molecule has 0 atom stereocenters. The summed E-state index contributed by atoms with van der Waals surface area (Å²) in [7, 11) is 0. The number of unbranched alkanes of at least 4 members (excludes halogenated alkanes) is 3. The first kappa shape index (κ1) is 29.6. The Hall–Kier alpha value is -0.356. The van der Waals surface area contributed by atoms with Crippen molar-refractivity contribution in [2.45, 2.75) is 78.6 Å². The van der Waals surface area contributed by atoms with Gasteiger partial charge in [-0.25, -0.2) is 0 Å². The summed E-state index contributed by atoms with van der Waals surface area (Å²) in [5, 5.41) is 28.9. The minimum Gasteiger partial charge on any atom is -0.550 e. The Bertz CT molecular complexity index is 226. The summed E-state index contributed by atoms with van der Waals surface area (Å²) in [6.45, 7) is 5.84. The van der Waals surface area contributed by atoms with Crippen LogP contribution in [0.4, 0.5) is 0 Å². The first-order valence-corrected chi connectivity index (χ1v) is 7.41. The normalized spacial score (nSPS) is 8.32. The van der Waals surface area contributed by atoms with Crippen LogP contribution in [0.3, 0.4) is 0 Å². The van der Waals surface area contributed by atoms with E-state index in [0.29, 0.717) is 0 Å². The molecule has 0 aromatic rings. The van der Waals surface area contributed by atoms with Gasteiger partial charge in [0, 0.05) is 17.9 Å². The summed E-state index contributed by atoms with van der Waals surface area (Å²) in [6.07, 6.45) is 5.60. The first-order valence-electron chi connectivity index (χ1n) is 7.41. The Balaban J connectivity index is -0.000000108. The Labute approximate surface area is 162 Å². The fraction of sp³-hybridized carbons (Fsp3) is 0.800. The van der Waals surface area contributed by atoms with Crippen molar-refractivity contribution in [2.24, 2.45) is 0 Å². The van der Waals surface area contributed by atoms with Crippen LogP contribution < -0.4 is 15.3 Å². The summed E-state index contributed by atoms with van der Waals surface area (Å²) in [5.74, 6) is -2.83. The standard InChI is InChI=1S/3C5H10O2.Lu/c3*1-2-3-4-5(6)7;/h3*2-4H2,1H3,(H,6,7);/q;;;+3/p-3. The molecule has 0 fully saturated rings. The van der Waals surface area contributed by atoms with E-state index in [4.69, 9.17) is 0 Å². The molecular formula is C15H27LuO6. The van der Waals surface area contributed by atoms with Crippen molar-refractivity contribution in [3.8, 4) is 0 Å². The Morgan fingerprint density at radius 2 is 0.773 bits per heavy atom. The maximum absolute atomic E-state index is 9.65. The van der Waals surface area contributed by atoms with Crippen molar-refractivity contribution in [3.63, 3.8) is 0 Å². The smallest absolute Gasteiger partial charge is 0.550 e. The fourth-order valence-corrected chi connectivity index (χ4v) is 0.963. The Kier molecular flexibility index (Phi) is 34.5. The fourth-order valence-electron chi connectivity index (χ4n) is 0.963. The van der Waals surface area contributed by atoms with Gasteiger partial charge in [0.2, 0.25) is 0 Å². The van der Waals surface area contributed by atoms with Gasteiger partial charge in [0.1, 0.15) is 0 Å². The van der Waals surface area contributed by atoms with Gasteiger partial charge >= 0.3 is 36.9 Å². The van der Waals surface area contributed by atoms with Gasteiger partial charge in [-0.15, -0.1) is 0 Å². The zero-order valence-corrected chi connectivity index (χ0v) is 15.2. The molecule has 0 rings (SSSR count). The maximum Gasteiger partial charge on any atom is 3.00 e. The molecule has 6 nitrogen and oxygen atoms in total. The Morgan fingerprint density at radius 3 is 0.818 bits per heavy atom. The van der Waals surface area contributed by atoms with E-state index in [1.807, 2.05) is 20.8 Å². The third-order valence-corrected chi connectivity index (χ3v) is 2.20. The average Bonchev–Trinajstić information content (AvgIpc) is 2.41. The number of aliphatic carboxylic acids is 3. The molecule has 0 aromatic heterocycles. The summed E-state index contributed by atoms with van der Waals surface area (Å²) in [5.41, 5.74) is 0. The number of carbonyl (C=O) groups is 3. The molecule has 0 aromatic carbocycles. The van der Waals surface area contributed by atoms with Crippen LogP contribution in [0, 0.1) is 36.9 Å². The number of carboxylic acid groups (broad SMARTS) is 3. The molecule has 0 spiro atoms. The van der Waals surface area contributed by atoms with E-state index in [0.717, 1.165) is 38.5 Å². The van der Waals surface area contributed by atoms with Crippen molar-refractivity contribution in [1.82, 2.24) is 0 Å². The minimum absolute atomic E-state index is 0. The predicted octanol–water partition coefficient (Wildman–Crippen LogP) is -0.220. The molecular weight excluding hydrogens is 451 g/mol. The molecule has 0 bridgehead atoms. The topological polar surface area (TPSA) is 120 Å². The van der Waals surface area contributed by atoms with E-state index >= 15 is 0 Å². The van der Waals surface area contributed by atoms with E-state index in [1.54, 1.807) is 0 Å². The third-order valence-electron chi connectivity index (χ3n) is 2.20. The summed E-state index contributed by atoms with van der Waals surface area (Å²) in [4.78, 5) is 28.9. The second kappa shape index (κ2) is 25.6. The molecule has 22 heavy (non-hydrogen) atoms. The molecule has 0 radical (unpaired) electrons. The van der Waals surface area contributed by atoms with Gasteiger partial charge in [0.15, 0.2) is 0 Å². The molecule has 0 N–H and O–H groups in total.